The number of nitrogens with zero attached hydrogens (tertiary/aromatic N) is 2. The smallest absolute Gasteiger partial charge is 0.243 e. The van der Waals surface area contributed by atoms with Gasteiger partial charge in [-0.05, 0) is 55.9 Å². The zero-order chi connectivity index (χ0) is 26.2. The van der Waals surface area contributed by atoms with Crippen LogP contribution in [0.3, 0.4) is 0 Å². The van der Waals surface area contributed by atoms with Crippen LogP contribution >= 0.6 is 23.2 Å². The van der Waals surface area contributed by atoms with Crippen molar-refractivity contribution in [3.63, 3.8) is 0 Å². The van der Waals surface area contributed by atoms with Gasteiger partial charge in [0, 0.05) is 11.6 Å². The Morgan fingerprint density at radius 2 is 1.62 bits per heavy atom. The molecule has 1 heterocycles. The van der Waals surface area contributed by atoms with Crippen molar-refractivity contribution in [3.05, 3.63) is 46.4 Å². The zero-order valence-corrected chi connectivity index (χ0v) is 23.0. The number of imidazole rings is 1. The molecule has 0 bridgehead atoms. The number of benzene rings is 2. The maximum atomic E-state index is 14.1. The summed E-state index contributed by atoms with van der Waals surface area (Å²) in [4.78, 5) is 18.7. The summed E-state index contributed by atoms with van der Waals surface area (Å²) in [6.07, 6.45) is 10.6. The fourth-order valence-corrected chi connectivity index (χ4v) is 7.36. The highest BCUT2D eigenvalue weighted by Gasteiger charge is 2.36. The molecule has 2 aromatic carbocycles. The van der Waals surface area contributed by atoms with Crippen LogP contribution in [-0.4, -0.2) is 29.9 Å². The van der Waals surface area contributed by atoms with Crippen molar-refractivity contribution in [1.82, 2.24) is 14.9 Å². The van der Waals surface area contributed by atoms with Crippen LogP contribution in [0, 0.1) is 5.92 Å². The first-order chi connectivity index (χ1) is 17.7. The predicted molar refractivity (Wildman–Crippen MR) is 147 cm³/mol. The van der Waals surface area contributed by atoms with E-state index >= 15 is 0 Å². The number of hydrogen-bond acceptors (Lipinski definition) is 4. The maximum Gasteiger partial charge on any atom is 0.243 e. The molecule has 5 rings (SSSR count). The summed E-state index contributed by atoms with van der Waals surface area (Å²) in [7, 11) is -4.11. The van der Waals surface area contributed by atoms with Crippen molar-refractivity contribution in [2.24, 2.45) is 11.1 Å². The molecule has 3 N–H and O–H groups in total. The van der Waals surface area contributed by atoms with Gasteiger partial charge in [0.15, 0.2) is 0 Å². The summed E-state index contributed by atoms with van der Waals surface area (Å²) in [6, 6.07) is 10.0. The number of nitrogens with one attached hydrogen (secondary N) is 1. The fraction of sp³-hybridized carbons (Fsp3) is 0.481. The highest BCUT2D eigenvalue weighted by molar-refractivity contribution is 7.89. The Morgan fingerprint density at radius 3 is 2.30 bits per heavy atom. The van der Waals surface area contributed by atoms with Gasteiger partial charge in [-0.25, -0.2) is 18.5 Å². The Hall–Kier alpha value is -2.13. The second-order valence-electron chi connectivity index (χ2n) is 10.3. The molecule has 2 aliphatic carbocycles. The number of amides is 1. The number of aromatic nitrogens is 2. The van der Waals surface area contributed by atoms with Crippen molar-refractivity contribution >= 4 is 50.2 Å². The number of sulfonamides is 1. The Morgan fingerprint density at radius 1 is 0.973 bits per heavy atom. The normalized spacial score (nSPS) is 18.7. The van der Waals surface area contributed by atoms with Gasteiger partial charge in [0.25, 0.3) is 0 Å². The topological polar surface area (TPSA) is 107 Å². The second-order valence-corrected chi connectivity index (χ2v) is 12.6. The lowest BCUT2D eigenvalue weighted by Crippen LogP contribution is -2.43. The molecule has 3 aromatic rings. The van der Waals surface area contributed by atoms with E-state index in [1.54, 1.807) is 0 Å². The molecule has 10 heteroatoms. The molecule has 1 aromatic heterocycles. The Bertz CT molecular complexity index is 1410. The van der Waals surface area contributed by atoms with Gasteiger partial charge >= 0.3 is 0 Å². The third-order valence-electron chi connectivity index (χ3n) is 7.76. The first kappa shape index (κ1) is 26.5. The van der Waals surface area contributed by atoms with Crippen LogP contribution in [0.25, 0.3) is 22.4 Å². The molecule has 0 radical (unpaired) electrons. The lowest BCUT2D eigenvalue weighted by Gasteiger charge is -2.34. The molecule has 2 fully saturated rings. The molecule has 198 valence electrons. The minimum absolute atomic E-state index is 0.0139. The van der Waals surface area contributed by atoms with E-state index in [4.69, 9.17) is 33.3 Å². The summed E-state index contributed by atoms with van der Waals surface area (Å²) >= 11 is 12.8. The second kappa shape index (κ2) is 10.9. The Labute approximate surface area is 227 Å². The van der Waals surface area contributed by atoms with Gasteiger partial charge in [0.2, 0.25) is 15.9 Å². The number of carbonyl (C=O) groups excluding carboxylic acids is 1. The molecule has 7 nitrogen and oxygen atoms in total. The molecular weight excluding hydrogens is 531 g/mol. The average molecular weight is 564 g/mol. The fourth-order valence-electron chi connectivity index (χ4n) is 5.96. The number of rotatable bonds is 6. The van der Waals surface area contributed by atoms with Gasteiger partial charge in [0.1, 0.15) is 16.8 Å². The molecular formula is C27H32Cl2N4O3S. The van der Waals surface area contributed by atoms with Gasteiger partial charge in [-0.3, -0.25) is 4.79 Å². The number of primary sulfonamides is 1. The molecule has 37 heavy (non-hydrogen) atoms. The van der Waals surface area contributed by atoms with Crippen molar-refractivity contribution in [3.8, 4) is 11.4 Å². The summed E-state index contributed by atoms with van der Waals surface area (Å²) < 4.78 is 26.5. The molecule has 2 saturated carbocycles. The van der Waals surface area contributed by atoms with Crippen molar-refractivity contribution < 1.29 is 13.2 Å². The predicted octanol–water partition coefficient (Wildman–Crippen LogP) is 6.23. The minimum Gasteiger partial charge on any atom is -0.352 e. The molecule has 1 unspecified atom stereocenters. The van der Waals surface area contributed by atoms with Crippen LogP contribution in [0.2, 0.25) is 10.0 Å². The van der Waals surface area contributed by atoms with Crippen LogP contribution < -0.4 is 10.5 Å². The molecule has 0 aliphatic heterocycles. The summed E-state index contributed by atoms with van der Waals surface area (Å²) in [5.74, 6) is 0.541. The number of para-hydroxylation sites is 2. The molecule has 2 aliphatic rings. The van der Waals surface area contributed by atoms with Crippen molar-refractivity contribution in [1.29, 1.82) is 0 Å². The van der Waals surface area contributed by atoms with Crippen LogP contribution in [0.1, 0.15) is 70.3 Å². The van der Waals surface area contributed by atoms with Crippen LogP contribution in [-0.2, 0) is 14.8 Å². The molecule has 0 spiro atoms. The number of nitrogens with two attached hydrogens (primary N) is 1. The van der Waals surface area contributed by atoms with E-state index in [0.717, 1.165) is 63.3 Å². The standard InChI is InChI=1S/C27H32Cl2N4O3S/c28-20-16-21(29)24(37(30,35)36)15-19(20)26-32-22-13-7-8-14-23(22)33(26)25(17-9-3-1-4-10-17)27(34)31-18-11-5-2-6-12-18/h7-8,13-18,25H,1-6,9-12H2,(H,31,34)(H2,30,35,36). The van der Waals surface area contributed by atoms with Crippen LogP contribution in [0.15, 0.2) is 41.3 Å². The van der Waals surface area contributed by atoms with Gasteiger partial charge in [-0.2, -0.15) is 0 Å². The minimum atomic E-state index is -4.11. The number of carbonyl (C=O) groups is 1. The van der Waals surface area contributed by atoms with E-state index in [1.807, 2.05) is 28.8 Å². The average Bonchev–Trinajstić information content (AvgIpc) is 3.23. The molecule has 1 amide bonds. The number of halogens is 2. The van der Waals surface area contributed by atoms with Crippen molar-refractivity contribution in [2.75, 3.05) is 0 Å². The number of fused-ring (bicyclic) bond motifs is 1. The van der Waals surface area contributed by atoms with Crippen LogP contribution in [0.5, 0.6) is 0 Å². The largest absolute Gasteiger partial charge is 0.352 e. The monoisotopic (exact) mass is 562 g/mol. The summed E-state index contributed by atoms with van der Waals surface area (Å²) in [5.41, 5.74) is 1.87. The van der Waals surface area contributed by atoms with E-state index < -0.39 is 16.1 Å². The highest BCUT2D eigenvalue weighted by atomic mass is 35.5. The quantitative estimate of drug-likeness (QED) is 0.371. The van der Waals surface area contributed by atoms with E-state index in [0.29, 0.717) is 16.9 Å². The van der Waals surface area contributed by atoms with E-state index in [1.165, 1.54) is 18.6 Å². The Kier molecular flexibility index (Phi) is 7.82. The maximum absolute atomic E-state index is 14.1. The lowest BCUT2D eigenvalue weighted by atomic mass is 9.82. The third kappa shape index (κ3) is 5.53. The summed E-state index contributed by atoms with van der Waals surface area (Å²) in [5, 5.41) is 8.98. The summed E-state index contributed by atoms with van der Waals surface area (Å²) in [6.45, 7) is 0. The van der Waals surface area contributed by atoms with Crippen molar-refractivity contribution in [2.45, 2.75) is 81.2 Å². The van der Waals surface area contributed by atoms with E-state index in [-0.39, 0.29) is 32.8 Å². The highest BCUT2D eigenvalue weighted by Crippen LogP contribution is 2.41. The van der Waals surface area contributed by atoms with Crippen LogP contribution in [0.4, 0.5) is 0 Å². The first-order valence-corrected chi connectivity index (χ1v) is 15.3. The zero-order valence-electron chi connectivity index (χ0n) is 20.6. The number of hydrogen-bond donors (Lipinski definition) is 2. The van der Waals surface area contributed by atoms with Gasteiger partial charge in [-0.1, -0.05) is 73.9 Å². The Balaban J connectivity index is 1.69. The third-order valence-corrected chi connectivity index (χ3v) is 9.45. The van der Waals surface area contributed by atoms with E-state index in [2.05, 4.69) is 5.32 Å². The lowest BCUT2D eigenvalue weighted by molar-refractivity contribution is -0.127. The SMILES string of the molecule is NS(=O)(=O)c1cc(-c2nc3ccccc3n2C(C(=O)NC2CCCCC2)C2CCCCC2)c(Cl)cc1Cl. The van der Waals surface area contributed by atoms with Gasteiger partial charge < -0.3 is 9.88 Å². The van der Waals surface area contributed by atoms with Gasteiger partial charge in [0.05, 0.1) is 21.1 Å². The molecule has 1 atom stereocenters. The first-order valence-electron chi connectivity index (χ1n) is 13.0. The molecule has 0 saturated heterocycles. The van der Waals surface area contributed by atoms with Gasteiger partial charge in [-0.15, -0.1) is 0 Å². The van der Waals surface area contributed by atoms with E-state index in [9.17, 15) is 13.2 Å².